The van der Waals surface area contributed by atoms with Gasteiger partial charge >= 0.3 is 0 Å². The second kappa shape index (κ2) is 6.08. The second-order valence-corrected chi connectivity index (χ2v) is 4.69. The van der Waals surface area contributed by atoms with Crippen molar-refractivity contribution in [3.63, 3.8) is 0 Å². The first-order valence-corrected chi connectivity index (χ1v) is 6.56. The van der Waals surface area contributed by atoms with E-state index in [2.05, 4.69) is 23.5 Å². The molecule has 0 aliphatic heterocycles. The zero-order chi connectivity index (χ0) is 12.1. The van der Waals surface area contributed by atoms with Crippen LogP contribution in [0, 0.1) is 0 Å². The lowest BCUT2D eigenvalue weighted by Gasteiger charge is -2.15. The first-order chi connectivity index (χ1) is 8.33. The van der Waals surface area contributed by atoms with Crippen LogP contribution in [0.1, 0.15) is 18.4 Å². The molecule has 1 unspecified atom stereocenters. The Labute approximate surface area is 107 Å². The Kier molecular flexibility index (Phi) is 4.46. The van der Waals surface area contributed by atoms with Gasteiger partial charge in [0, 0.05) is 17.3 Å². The summed E-state index contributed by atoms with van der Waals surface area (Å²) in [5.74, 6) is 0.732. The molecule has 2 rings (SSSR count). The van der Waals surface area contributed by atoms with Crippen LogP contribution in [0.4, 0.5) is 0 Å². The van der Waals surface area contributed by atoms with Crippen molar-refractivity contribution in [1.29, 1.82) is 0 Å². The highest BCUT2D eigenvalue weighted by molar-refractivity contribution is 6.17. The van der Waals surface area contributed by atoms with Gasteiger partial charge in [0.1, 0.15) is 5.58 Å². The van der Waals surface area contributed by atoms with Crippen LogP contribution in [0.25, 0.3) is 11.0 Å². The summed E-state index contributed by atoms with van der Waals surface area (Å²) in [5, 5.41) is 4.50. The van der Waals surface area contributed by atoms with Crippen LogP contribution in [-0.2, 0) is 6.42 Å². The van der Waals surface area contributed by atoms with Crippen molar-refractivity contribution in [2.45, 2.75) is 25.3 Å². The number of likely N-dealkylation sites (N-methyl/N-ethyl adjacent to an activating group) is 1. The van der Waals surface area contributed by atoms with E-state index in [0.29, 0.717) is 6.04 Å². The Bertz CT molecular complexity index is 466. The molecule has 0 radical (unpaired) electrons. The first-order valence-electron chi connectivity index (χ1n) is 6.03. The molecule has 17 heavy (non-hydrogen) atoms. The van der Waals surface area contributed by atoms with Crippen molar-refractivity contribution in [2.75, 3.05) is 12.9 Å². The molecule has 0 bridgehead atoms. The molecule has 0 saturated carbocycles. The van der Waals surface area contributed by atoms with Gasteiger partial charge in [-0.25, -0.2) is 0 Å². The third kappa shape index (κ3) is 3.24. The van der Waals surface area contributed by atoms with Gasteiger partial charge in [0.15, 0.2) is 0 Å². The van der Waals surface area contributed by atoms with Gasteiger partial charge in [-0.1, -0.05) is 12.1 Å². The van der Waals surface area contributed by atoms with Crippen LogP contribution in [0.2, 0.25) is 0 Å². The predicted octanol–water partition coefficient (Wildman–Crippen LogP) is 3.58. The fourth-order valence-electron chi connectivity index (χ4n) is 2.08. The summed E-state index contributed by atoms with van der Waals surface area (Å²) in [6, 6.07) is 8.88. The summed E-state index contributed by atoms with van der Waals surface area (Å²) >= 11 is 5.73. The molecule has 0 fully saturated rings. The van der Waals surface area contributed by atoms with Gasteiger partial charge in [-0.3, -0.25) is 0 Å². The molecule has 1 heterocycles. The lowest BCUT2D eigenvalue weighted by molar-refractivity contribution is 0.515. The summed E-state index contributed by atoms with van der Waals surface area (Å²) in [6.45, 7) is 0. The lowest BCUT2D eigenvalue weighted by Crippen LogP contribution is -2.27. The quantitative estimate of drug-likeness (QED) is 0.794. The summed E-state index contributed by atoms with van der Waals surface area (Å²) in [6.07, 6.45) is 4.91. The number of hydrogen-bond acceptors (Lipinski definition) is 2. The summed E-state index contributed by atoms with van der Waals surface area (Å²) in [4.78, 5) is 0. The first kappa shape index (κ1) is 12.5. The lowest BCUT2D eigenvalue weighted by atomic mass is 10.0. The van der Waals surface area contributed by atoms with Gasteiger partial charge in [-0.15, -0.1) is 11.6 Å². The smallest absolute Gasteiger partial charge is 0.134 e. The van der Waals surface area contributed by atoms with Crippen molar-refractivity contribution in [1.82, 2.24) is 5.32 Å². The molecular weight excluding hydrogens is 234 g/mol. The molecule has 0 saturated heterocycles. The molecule has 92 valence electrons. The largest absolute Gasteiger partial charge is 0.464 e. The second-order valence-electron chi connectivity index (χ2n) is 4.31. The van der Waals surface area contributed by atoms with Crippen LogP contribution >= 0.6 is 11.6 Å². The molecule has 3 heteroatoms. The van der Waals surface area contributed by atoms with Gasteiger partial charge < -0.3 is 9.73 Å². The molecule has 0 aliphatic rings. The molecule has 0 aliphatic carbocycles. The minimum Gasteiger partial charge on any atom is -0.464 e. The molecule has 1 atom stereocenters. The molecule has 2 nitrogen and oxygen atoms in total. The van der Waals surface area contributed by atoms with Gasteiger partial charge in [0.25, 0.3) is 0 Å². The SMILES string of the molecule is CNC(CCCCl)Cc1ccc2ccoc2c1. The highest BCUT2D eigenvalue weighted by Gasteiger charge is 2.08. The molecule has 0 amide bonds. The average Bonchev–Trinajstić information content (AvgIpc) is 2.81. The van der Waals surface area contributed by atoms with Crippen molar-refractivity contribution in [3.05, 3.63) is 36.1 Å². The van der Waals surface area contributed by atoms with Gasteiger partial charge in [-0.2, -0.15) is 0 Å². The Morgan fingerprint density at radius 3 is 3.00 bits per heavy atom. The molecule has 2 aromatic rings. The highest BCUT2D eigenvalue weighted by atomic mass is 35.5. The molecule has 0 spiro atoms. The Hall–Kier alpha value is -0.990. The Morgan fingerprint density at radius 1 is 1.35 bits per heavy atom. The third-order valence-electron chi connectivity index (χ3n) is 3.10. The van der Waals surface area contributed by atoms with Crippen LogP contribution < -0.4 is 5.32 Å². The zero-order valence-corrected chi connectivity index (χ0v) is 10.8. The van der Waals surface area contributed by atoms with Crippen molar-refractivity contribution >= 4 is 22.6 Å². The van der Waals surface area contributed by atoms with E-state index in [1.165, 1.54) is 5.56 Å². The van der Waals surface area contributed by atoms with E-state index in [1.54, 1.807) is 6.26 Å². The van der Waals surface area contributed by atoms with E-state index in [4.69, 9.17) is 16.0 Å². The van der Waals surface area contributed by atoms with Crippen molar-refractivity contribution in [3.8, 4) is 0 Å². The van der Waals surface area contributed by atoms with E-state index < -0.39 is 0 Å². The number of hydrogen-bond donors (Lipinski definition) is 1. The maximum absolute atomic E-state index is 5.73. The van der Waals surface area contributed by atoms with Crippen LogP contribution in [0.3, 0.4) is 0 Å². The highest BCUT2D eigenvalue weighted by Crippen LogP contribution is 2.18. The monoisotopic (exact) mass is 251 g/mol. The van der Waals surface area contributed by atoms with E-state index in [9.17, 15) is 0 Å². The Balaban J connectivity index is 2.05. The zero-order valence-electron chi connectivity index (χ0n) is 10.1. The molecule has 1 N–H and O–H groups in total. The summed E-state index contributed by atoms with van der Waals surface area (Å²) < 4.78 is 5.41. The predicted molar refractivity (Wildman–Crippen MR) is 72.7 cm³/mol. The number of nitrogens with one attached hydrogen (secondary N) is 1. The number of furan rings is 1. The van der Waals surface area contributed by atoms with E-state index in [1.807, 2.05) is 13.1 Å². The normalized spacial score (nSPS) is 13.1. The number of fused-ring (bicyclic) bond motifs is 1. The van der Waals surface area contributed by atoms with E-state index >= 15 is 0 Å². The van der Waals surface area contributed by atoms with Crippen LogP contribution in [-0.4, -0.2) is 19.0 Å². The fourth-order valence-corrected chi connectivity index (χ4v) is 2.24. The molecular formula is C14H18ClNO. The van der Waals surface area contributed by atoms with Crippen molar-refractivity contribution in [2.24, 2.45) is 0 Å². The number of alkyl halides is 1. The summed E-state index contributed by atoms with van der Waals surface area (Å²) in [7, 11) is 2.00. The van der Waals surface area contributed by atoms with Crippen LogP contribution in [0.15, 0.2) is 34.9 Å². The van der Waals surface area contributed by atoms with Gasteiger partial charge in [0.2, 0.25) is 0 Å². The van der Waals surface area contributed by atoms with Gasteiger partial charge in [-0.05, 0) is 44.0 Å². The standard InChI is InChI=1S/C14H18ClNO/c1-16-13(3-2-7-15)9-11-4-5-12-6-8-17-14(12)10-11/h4-6,8,10,13,16H,2-3,7,9H2,1H3. The Morgan fingerprint density at radius 2 is 2.24 bits per heavy atom. The maximum atomic E-state index is 5.73. The number of halogens is 1. The number of rotatable bonds is 6. The molecule has 1 aromatic carbocycles. The van der Waals surface area contributed by atoms with Crippen LogP contribution in [0.5, 0.6) is 0 Å². The average molecular weight is 252 g/mol. The third-order valence-corrected chi connectivity index (χ3v) is 3.36. The minimum atomic E-state index is 0.487. The van der Waals surface area contributed by atoms with Gasteiger partial charge in [0.05, 0.1) is 6.26 Å². The molecule has 1 aromatic heterocycles. The summed E-state index contributed by atoms with van der Waals surface area (Å²) in [5.41, 5.74) is 2.27. The fraction of sp³-hybridized carbons (Fsp3) is 0.429. The number of benzene rings is 1. The van der Waals surface area contributed by atoms with Crippen molar-refractivity contribution < 1.29 is 4.42 Å². The van der Waals surface area contributed by atoms with E-state index in [-0.39, 0.29) is 0 Å². The van der Waals surface area contributed by atoms with E-state index in [0.717, 1.165) is 36.1 Å². The minimum absolute atomic E-state index is 0.487. The maximum Gasteiger partial charge on any atom is 0.134 e. The topological polar surface area (TPSA) is 25.2 Å².